The van der Waals surface area contributed by atoms with E-state index in [1.807, 2.05) is 6.07 Å². The molecule has 0 aliphatic carbocycles. The summed E-state index contributed by atoms with van der Waals surface area (Å²) in [5.74, 6) is -0.363. The zero-order chi connectivity index (χ0) is 20.8. The lowest BCUT2D eigenvalue weighted by atomic mass is 10.1. The number of urea groups is 1. The van der Waals surface area contributed by atoms with Gasteiger partial charge >= 0.3 is 6.03 Å². The second kappa shape index (κ2) is 9.97. The SMILES string of the molecule is O=C(Nc1cccc(Cl)c1)N(CCc1ccc(Cl)cc1Cl)Cc1ccccc1F. The number of hydrogen-bond acceptors (Lipinski definition) is 1. The predicted molar refractivity (Wildman–Crippen MR) is 117 cm³/mol. The summed E-state index contributed by atoms with van der Waals surface area (Å²) in [5.41, 5.74) is 1.84. The molecular formula is C22H18Cl3FN2O. The normalized spacial score (nSPS) is 10.6. The van der Waals surface area contributed by atoms with Crippen LogP contribution in [0, 0.1) is 5.82 Å². The van der Waals surface area contributed by atoms with Crippen molar-refractivity contribution in [3.05, 3.63) is 98.7 Å². The number of benzene rings is 3. The Morgan fingerprint density at radius 3 is 2.38 bits per heavy atom. The Hall–Kier alpha value is -2.27. The number of nitrogens with zero attached hydrogens (tertiary/aromatic N) is 1. The van der Waals surface area contributed by atoms with Crippen LogP contribution in [0.3, 0.4) is 0 Å². The van der Waals surface area contributed by atoms with Gasteiger partial charge in [0.1, 0.15) is 5.82 Å². The zero-order valence-electron chi connectivity index (χ0n) is 15.3. The van der Waals surface area contributed by atoms with Gasteiger partial charge in [-0.25, -0.2) is 9.18 Å². The van der Waals surface area contributed by atoms with E-state index in [0.717, 1.165) is 5.56 Å². The van der Waals surface area contributed by atoms with Crippen LogP contribution >= 0.6 is 34.8 Å². The van der Waals surface area contributed by atoms with Crippen LogP contribution in [0.2, 0.25) is 15.1 Å². The third-order valence-electron chi connectivity index (χ3n) is 4.35. The maximum atomic E-state index is 14.2. The molecule has 0 fully saturated rings. The molecule has 0 aromatic heterocycles. The van der Waals surface area contributed by atoms with Crippen molar-refractivity contribution in [1.82, 2.24) is 4.90 Å². The van der Waals surface area contributed by atoms with Crippen molar-refractivity contribution < 1.29 is 9.18 Å². The van der Waals surface area contributed by atoms with E-state index in [1.54, 1.807) is 54.6 Å². The number of halogens is 4. The first-order chi connectivity index (χ1) is 13.9. The van der Waals surface area contributed by atoms with Gasteiger partial charge in [0.15, 0.2) is 0 Å². The molecule has 0 aliphatic heterocycles. The summed E-state index contributed by atoms with van der Waals surface area (Å²) in [6.07, 6.45) is 0.493. The van der Waals surface area contributed by atoms with Gasteiger partial charge in [0.05, 0.1) is 6.54 Å². The molecule has 0 unspecified atom stereocenters. The first-order valence-electron chi connectivity index (χ1n) is 8.91. The van der Waals surface area contributed by atoms with Crippen LogP contribution in [0.4, 0.5) is 14.9 Å². The third-order valence-corrected chi connectivity index (χ3v) is 5.17. The summed E-state index contributed by atoms with van der Waals surface area (Å²) in [4.78, 5) is 14.4. The number of anilines is 1. The molecule has 150 valence electrons. The molecule has 0 bridgehead atoms. The number of hydrogen-bond donors (Lipinski definition) is 1. The number of nitrogens with one attached hydrogen (secondary N) is 1. The largest absolute Gasteiger partial charge is 0.322 e. The smallest absolute Gasteiger partial charge is 0.320 e. The molecule has 29 heavy (non-hydrogen) atoms. The Morgan fingerprint density at radius 2 is 1.66 bits per heavy atom. The van der Waals surface area contributed by atoms with Gasteiger partial charge in [-0.3, -0.25) is 0 Å². The highest BCUT2D eigenvalue weighted by Gasteiger charge is 2.17. The Balaban J connectivity index is 1.78. The topological polar surface area (TPSA) is 32.3 Å². The highest BCUT2D eigenvalue weighted by molar-refractivity contribution is 6.35. The van der Waals surface area contributed by atoms with Gasteiger partial charge in [-0.2, -0.15) is 0 Å². The number of carbonyl (C=O) groups excluding carboxylic acids is 1. The van der Waals surface area contributed by atoms with Crippen LogP contribution in [-0.2, 0) is 13.0 Å². The molecule has 1 N–H and O–H groups in total. The van der Waals surface area contributed by atoms with Crippen molar-refractivity contribution in [2.75, 3.05) is 11.9 Å². The molecule has 0 atom stereocenters. The average Bonchev–Trinajstić information content (AvgIpc) is 2.67. The standard InChI is InChI=1S/C22H18Cl3FN2O/c23-17-5-3-6-19(12-17)27-22(29)28(14-16-4-1-2-7-21(16)26)11-10-15-8-9-18(24)13-20(15)25/h1-9,12-13H,10-11,14H2,(H,27,29). The molecule has 0 heterocycles. The third kappa shape index (κ3) is 6.10. The van der Waals surface area contributed by atoms with Crippen molar-refractivity contribution >= 4 is 46.5 Å². The minimum atomic E-state index is -0.363. The van der Waals surface area contributed by atoms with Gasteiger partial charge in [-0.15, -0.1) is 0 Å². The summed E-state index contributed by atoms with van der Waals surface area (Å²) in [7, 11) is 0. The second-order valence-corrected chi connectivity index (χ2v) is 7.72. The maximum Gasteiger partial charge on any atom is 0.322 e. The van der Waals surface area contributed by atoms with E-state index in [0.29, 0.717) is 39.3 Å². The van der Waals surface area contributed by atoms with Crippen LogP contribution in [0.5, 0.6) is 0 Å². The minimum absolute atomic E-state index is 0.115. The molecule has 0 spiro atoms. The molecule has 0 radical (unpaired) electrons. The van der Waals surface area contributed by atoms with Crippen LogP contribution < -0.4 is 5.32 Å². The highest BCUT2D eigenvalue weighted by atomic mass is 35.5. The van der Waals surface area contributed by atoms with Gasteiger partial charge < -0.3 is 10.2 Å². The molecule has 0 saturated carbocycles. The Bertz CT molecular complexity index is 1010. The Kier molecular flexibility index (Phi) is 7.37. The first-order valence-corrected chi connectivity index (χ1v) is 10.0. The van der Waals surface area contributed by atoms with E-state index in [4.69, 9.17) is 34.8 Å². The summed E-state index contributed by atoms with van der Waals surface area (Å²) in [6, 6.07) is 18.1. The average molecular weight is 452 g/mol. The lowest BCUT2D eigenvalue weighted by Gasteiger charge is -2.24. The molecule has 3 rings (SSSR count). The van der Waals surface area contributed by atoms with Crippen LogP contribution in [0.25, 0.3) is 0 Å². The van der Waals surface area contributed by atoms with Gasteiger partial charge in [-0.05, 0) is 48.4 Å². The lowest BCUT2D eigenvalue weighted by Crippen LogP contribution is -2.36. The fourth-order valence-electron chi connectivity index (χ4n) is 2.83. The van der Waals surface area contributed by atoms with Crippen molar-refractivity contribution in [1.29, 1.82) is 0 Å². The lowest BCUT2D eigenvalue weighted by molar-refractivity contribution is 0.209. The van der Waals surface area contributed by atoms with Gasteiger partial charge in [0, 0.05) is 32.9 Å². The van der Waals surface area contributed by atoms with E-state index in [1.165, 1.54) is 11.0 Å². The maximum absolute atomic E-state index is 14.2. The van der Waals surface area contributed by atoms with Crippen molar-refractivity contribution in [3.8, 4) is 0 Å². The fourth-order valence-corrected chi connectivity index (χ4v) is 3.53. The summed E-state index contributed by atoms with van der Waals surface area (Å²) < 4.78 is 14.2. The number of amides is 2. The molecule has 2 amide bonds. The predicted octanol–water partition coefficient (Wildman–Crippen LogP) is 7.06. The van der Waals surface area contributed by atoms with Crippen LogP contribution in [-0.4, -0.2) is 17.5 Å². The van der Waals surface area contributed by atoms with E-state index in [9.17, 15) is 9.18 Å². The number of carbonyl (C=O) groups is 1. The molecule has 0 saturated heterocycles. The summed E-state index contributed by atoms with van der Waals surface area (Å²) >= 11 is 18.2. The van der Waals surface area contributed by atoms with E-state index in [-0.39, 0.29) is 18.4 Å². The van der Waals surface area contributed by atoms with E-state index < -0.39 is 0 Å². The van der Waals surface area contributed by atoms with Gasteiger partial charge in [-0.1, -0.05) is 65.1 Å². The monoisotopic (exact) mass is 450 g/mol. The quantitative estimate of drug-likeness (QED) is 0.427. The highest BCUT2D eigenvalue weighted by Crippen LogP contribution is 2.22. The fraction of sp³-hybridized carbons (Fsp3) is 0.136. The Morgan fingerprint density at radius 1 is 0.897 bits per heavy atom. The second-order valence-electron chi connectivity index (χ2n) is 6.44. The summed E-state index contributed by atoms with van der Waals surface area (Å²) in [6.45, 7) is 0.451. The van der Waals surface area contributed by atoms with Crippen molar-refractivity contribution in [2.45, 2.75) is 13.0 Å². The first kappa shape index (κ1) is 21.4. The molecule has 0 aliphatic rings. The Labute approximate surface area is 184 Å². The minimum Gasteiger partial charge on any atom is -0.320 e. The van der Waals surface area contributed by atoms with Crippen molar-refractivity contribution in [3.63, 3.8) is 0 Å². The van der Waals surface area contributed by atoms with E-state index >= 15 is 0 Å². The molecule has 3 aromatic carbocycles. The zero-order valence-corrected chi connectivity index (χ0v) is 17.6. The van der Waals surface area contributed by atoms with Gasteiger partial charge in [0.25, 0.3) is 0 Å². The van der Waals surface area contributed by atoms with Crippen LogP contribution in [0.15, 0.2) is 66.7 Å². The van der Waals surface area contributed by atoms with Gasteiger partial charge in [0.2, 0.25) is 0 Å². The molecular weight excluding hydrogens is 434 g/mol. The molecule has 3 aromatic rings. The van der Waals surface area contributed by atoms with Crippen LogP contribution in [0.1, 0.15) is 11.1 Å². The van der Waals surface area contributed by atoms with E-state index in [2.05, 4.69) is 5.32 Å². The molecule has 3 nitrogen and oxygen atoms in total. The van der Waals surface area contributed by atoms with Crippen molar-refractivity contribution in [2.24, 2.45) is 0 Å². The number of rotatable bonds is 6. The molecule has 7 heteroatoms. The summed E-state index contributed by atoms with van der Waals surface area (Å²) in [5, 5.41) is 4.39.